The quantitative estimate of drug-likeness (QED) is 0.370. The zero-order chi connectivity index (χ0) is 21.6. The van der Waals surface area contributed by atoms with Crippen LogP contribution in [0.4, 0.5) is 0 Å². The fourth-order valence-corrected chi connectivity index (χ4v) is 4.76. The number of aromatic nitrogens is 3. The number of amides is 1. The fraction of sp³-hybridized carbons (Fsp3) is 0.400. The van der Waals surface area contributed by atoms with Gasteiger partial charge >= 0.3 is 0 Å². The minimum Gasteiger partial charge on any atom is -0.343 e. The van der Waals surface area contributed by atoms with Crippen LogP contribution in [0.1, 0.15) is 38.2 Å². The van der Waals surface area contributed by atoms with Gasteiger partial charge in [-0.2, -0.15) is 0 Å². The van der Waals surface area contributed by atoms with E-state index in [2.05, 4.69) is 65.0 Å². The van der Waals surface area contributed by atoms with Crippen molar-refractivity contribution in [2.24, 2.45) is 5.92 Å². The number of para-hydroxylation sites is 1. The number of carbonyl (C=O) groups is 1. The molecule has 0 unspecified atom stereocenters. The van der Waals surface area contributed by atoms with Crippen LogP contribution in [0.25, 0.3) is 17.1 Å². The molecule has 0 saturated carbocycles. The van der Waals surface area contributed by atoms with Gasteiger partial charge in [0.2, 0.25) is 5.91 Å². The molecule has 162 valence electrons. The SMILES string of the molecule is Cc1ccc(-c2nnc(SCCCC(=O)N3CCC(C)CC3)n2-c2ccccc2)cc1. The molecule has 2 aromatic carbocycles. The maximum absolute atomic E-state index is 12.5. The summed E-state index contributed by atoms with van der Waals surface area (Å²) in [5.74, 6) is 2.71. The van der Waals surface area contributed by atoms with Crippen LogP contribution in [0, 0.1) is 12.8 Å². The number of rotatable bonds is 7. The molecule has 1 aliphatic rings. The van der Waals surface area contributed by atoms with Crippen LogP contribution in [-0.2, 0) is 4.79 Å². The molecule has 1 aromatic heterocycles. The Morgan fingerprint density at radius 3 is 2.45 bits per heavy atom. The summed E-state index contributed by atoms with van der Waals surface area (Å²) in [4.78, 5) is 14.5. The molecule has 31 heavy (non-hydrogen) atoms. The Hall–Kier alpha value is -2.60. The van der Waals surface area contributed by atoms with Crippen molar-refractivity contribution in [1.29, 1.82) is 0 Å². The van der Waals surface area contributed by atoms with Crippen molar-refractivity contribution in [3.05, 3.63) is 60.2 Å². The van der Waals surface area contributed by atoms with Gasteiger partial charge in [-0.25, -0.2) is 0 Å². The Morgan fingerprint density at radius 2 is 1.74 bits per heavy atom. The Labute approximate surface area is 188 Å². The Kier molecular flexibility index (Phi) is 7.07. The minimum atomic E-state index is 0.289. The van der Waals surface area contributed by atoms with E-state index in [-0.39, 0.29) is 5.91 Å². The third-order valence-electron chi connectivity index (χ3n) is 5.86. The summed E-state index contributed by atoms with van der Waals surface area (Å²) >= 11 is 1.67. The van der Waals surface area contributed by atoms with Crippen LogP contribution >= 0.6 is 11.8 Å². The van der Waals surface area contributed by atoms with Crippen molar-refractivity contribution in [3.8, 4) is 17.1 Å². The van der Waals surface area contributed by atoms with Crippen LogP contribution < -0.4 is 0 Å². The van der Waals surface area contributed by atoms with E-state index in [1.165, 1.54) is 5.56 Å². The first-order valence-corrected chi connectivity index (χ1v) is 12.1. The lowest BCUT2D eigenvalue weighted by Crippen LogP contribution is -2.37. The van der Waals surface area contributed by atoms with Crippen molar-refractivity contribution in [1.82, 2.24) is 19.7 Å². The van der Waals surface area contributed by atoms with Crippen molar-refractivity contribution in [2.75, 3.05) is 18.8 Å². The first kappa shape index (κ1) is 21.6. The summed E-state index contributed by atoms with van der Waals surface area (Å²) in [6.07, 6.45) is 3.70. The number of carbonyl (C=O) groups excluding carboxylic acids is 1. The molecule has 2 heterocycles. The third kappa shape index (κ3) is 5.37. The van der Waals surface area contributed by atoms with E-state index in [0.717, 1.165) is 66.3 Å². The number of piperidine rings is 1. The van der Waals surface area contributed by atoms with Crippen molar-refractivity contribution >= 4 is 17.7 Å². The van der Waals surface area contributed by atoms with Crippen molar-refractivity contribution < 1.29 is 4.79 Å². The van der Waals surface area contributed by atoms with Gasteiger partial charge in [0.05, 0.1) is 0 Å². The second kappa shape index (κ2) is 10.1. The van der Waals surface area contributed by atoms with E-state index in [4.69, 9.17) is 0 Å². The number of aryl methyl sites for hydroxylation is 1. The standard InChI is InChI=1S/C25H30N4OS/c1-19-10-12-21(13-11-19)24-26-27-25(29(24)22-7-4-3-5-8-22)31-18-6-9-23(30)28-16-14-20(2)15-17-28/h3-5,7-8,10-13,20H,6,9,14-18H2,1-2H3. The highest BCUT2D eigenvalue weighted by molar-refractivity contribution is 7.99. The second-order valence-electron chi connectivity index (χ2n) is 8.36. The molecular formula is C25H30N4OS. The number of hydrogen-bond acceptors (Lipinski definition) is 4. The summed E-state index contributed by atoms with van der Waals surface area (Å²) < 4.78 is 2.11. The number of nitrogens with zero attached hydrogens (tertiary/aromatic N) is 4. The molecule has 0 spiro atoms. The monoisotopic (exact) mass is 434 g/mol. The van der Waals surface area contributed by atoms with Gasteiger partial charge in [-0.3, -0.25) is 9.36 Å². The lowest BCUT2D eigenvalue weighted by atomic mass is 9.99. The van der Waals surface area contributed by atoms with Gasteiger partial charge < -0.3 is 4.90 Å². The molecule has 5 nitrogen and oxygen atoms in total. The molecular weight excluding hydrogens is 404 g/mol. The smallest absolute Gasteiger partial charge is 0.222 e. The highest BCUT2D eigenvalue weighted by Crippen LogP contribution is 2.28. The van der Waals surface area contributed by atoms with Crippen molar-refractivity contribution in [3.63, 3.8) is 0 Å². The largest absolute Gasteiger partial charge is 0.343 e. The van der Waals surface area contributed by atoms with Gasteiger partial charge in [-0.05, 0) is 44.2 Å². The van der Waals surface area contributed by atoms with Gasteiger partial charge in [-0.1, -0.05) is 66.7 Å². The summed E-state index contributed by atoms with van der Waals surface area (Å²) in [7, 11) is 0. The molecule has 1 amide bonds. The molecule has 1 aliphatic heterocycles. The van der Waals surface area contributed by atoms with E-state index in [1.807, 2.05) is 23.1 Å². The van der Waals surface area contributed by atoms with Gasteiger partial charge in [0.1, 0.15) is 0 Å². The first-order valence-electron chi connectivity index (χ1n) is 11.1. The lowest BCUT2D eigenvalue weighted by molar-refractivity contribution is -0.132. The third-order valence-corrected chi connectivity index (χ3v) is 6.88. The molecule has 1 saturated heterocycles. The van der Waals surface area contributed by atoms with Crippen LogP contribution in [0.15, 0.2) is 59.8 Å². The second-order valence-corrected chi connectivity index (χ2v) is 9.42. The topological polar surface area (TPSA) is 51.0 Å². The summed E-state index contributed by atoms with van der Waals surface area (Å²) in [5, 5.41) is 9.85. The predicted octanol–water partition coefficient (Wildman–Crippen LogP) is 5.37. The van der Waals surface area contributed by atoms with Gasteiger partial charge in [-0.15, -0.1) is 10.2 Å². The molecule has 0 radical (unpaired) electrons. The molecule has 4 rings (SSSR count). The molecule has 0 aliphatic carbocycles. The first-order chi connectivity index (χ1) is 15.1. The molecule has 0 atom stereocenters. The predicted molar refractivity (Wildman–Crippen MR) is 126 cm³/mol. The molecule has 3 aromatic rings. The Bertz CT molecular complexity index is 992. The number of benzene rings is 2. The van der Waals surface area contributed by atoms with E-state index < -0.39 is 0 Å². The number of hydrogen-bond donors (Lipinski definition) is 0. The highest BCUT2D eigenvalue weighted by Gasteiger charge is 2.20. The van der Waals surface area contributed by atoms with E-state index in [0.29, 0.717) is 6.42 Å². The average molecular weight is 435 g/mol. The maximum atomic E-state index is 12.5. The van der Waals surface area contributed by atoms with Gasteiger partial charge in [0.15, 0.2) is 11.0 Å². The minimum absolute atomic E-state index is 0.289. The average Bonchev–Trinajstić information content (AvgIpc) is 3.22. The van der Waals surface area contributed by atoms with Crippen molar-refractivity contribution in [2.45, 2.75) is 44.7 Å². The highest BCUT2D eigenvalue weighted by atomic mass is 32.2. The van der Waals surface area contributed by atoms with E-state index in [1.54, 1.807) is 11.8 Å². The van der Waals surface area contributed by atoms with Crippen LogP contribution in [0.5, 0.6) is 0 Å². The number of thioether (sulfide) groups is 1. The molecule has 0 N–H and O–H groups in total. The zero-order valence-electron chi connectivity index (χ0n) is 18.3. The van der Waals surface area contributed by atoms with Gasteiger partial charge in [0.25, 0.3) is 0 Å². The normalized spacial score (nSPS) is 14.7. The molecule has 0 bridgehead atoms. The fourth-order valence-electron chi connectivity index (χ4n) is 3.87. The maximum Gasteiger partial charge on any atom is 0.222 e. The zero-order valence-corrected chi connectivity index (χ0v) is 19.1. The summed E-state index contributed by atoms with van der Waals surface area (Å²) in [6, 6.07) is 18.6. The van der Waals surface area contributed by atoms with E-state index in [9.17, 15) is 4.79 Å². The van der Waals surface area contributed by atoms with Gasteiger partial charge in [0, 0.05) is 36.5 Å². The summed E-state index contributed by atoms with van der Waals surface area (Å²) in [5.41, 5.74) is 3.31. The number of likely N-dealkylation sites (tertiary alicyclic amines) is 1. The Balaban J connectivity index is 1.43. The Morgan fingerprint density at radius 1 is 1.03 bits per heavy atom. The van der Waals surface area contributed by atoms with Crippen LogP contribution in [0.2, 0.25) is 0 Å². The van der Waals surface area contributed by atoms with Crippen LogP contribution in [0.3, 0.4) is 0 Å². The van der Waals surface area contributed by atoms with Crippen LogP contribution in [-0.4, -0.2) is 44.4 Å². The molecule has 6 heteroatoms. The molecule has 1 fully saturated rings. The summed E-state index contributed by atoms with van der Waals surface area (Å²) in [6.45, 7) is 6.18. The van der Waals surface area contributed by atoms with E-state index >= 15 is 0 Å². The lowest BCUT2D eigenvalue weighted by Gasteiger charge is -2.30.